The number of carbonyl (C=O) groups is 2. The van der Waals surface area contributed by atoms with Crippen molar-refractivity contribution >= 4 is 73.9 Å². The zero-order chi connectivity index (χ0) is 23.4. The zero-order valence-electron chi connectivity index (χ0n) is 17.3. The zero-order valence-corrected chi connectivity index (χ0v) is 19.7. The molecule has 0 aliphatic rings. The highest BCUT2D eigenvalue weighted by Gasteiger charge is 2.11. The summed E-state index contributed by atoms with van der Waals surface area (Å²) < 4.78 is 14.6. The molecule has 3 amide bonds. The van der Waals surface area contributed by atoms with Gasteiger partial charge in [0.25, 0.3) is 0 Å². The third-order valence-electron chi connectivity index (χ3n) is 4.45. The Morgan fingerprint density at radius 3 is 2.52 bits per heavy atom. The number of nitrogens with zero attached hydrogens (tertiary/aromatic N) is 1. The van der Waals surface area contributed by atoms with Gasteiger partial charge in [-0.3, -0.25) is 4.79 Å². The number of halogens is 2. The number of thioether (sulfide) groups is 1. The molecule has 0 spiro atoms. The van der Waals surface area contributed by atoms with Gasteiger partial charge in [0, 0.05) is 11.4 Å². The van der Waals surface area contributed by atoms with E-state index in [4.69, 9.17) is 11.6 Å². The first-order valence-corrected chi connectivity index (χ1v) is 12.0. The quantitative estimate of drug-likeness (QED) is 0.255. The number of carbonyl (C=O) groups excluding carboxylic acids is 2. The van der Waals surface area contributed by atoms with Crippen LogP contribution >= 0.6 is 34.7 Å². The van der Waals surface area contributed by atoms with E-state index in [0.717, 1.165) is 20.1 Å². The third kappa shape index (κ3) is 6.22. The van der Waals surface area contributed by atoms with Crippen molar-refractivity contribution in [2.24, 2.45) is 0 Å². The minimum Gasteiger partial charge on any atom is -0.325 e. The summed E-state index contributed by atoms with van der Waals surface area (Å²) in [4.78, 5) is 29.0. The van der Waals surface area contributed by atoms with Gasteiger partial charge < -0.3 is 16.0 Å². The highest BCUT2D eigenvalue weighted by Crippen LogP contribution is 2.31. The van der Waals surface area contributed by atoms with E-state index in [9.17, 15) is 14.0 Å². The van der Waals surface area contributed by atoms with Crippen LogP contribution in [0.3, 0.4) is 0 Å². The maximum absolute atomic E-state index is 13.0. The van der Waals surface area contributed by atoms with Gasteiger partial charge >= 0.3 is 6.03 Å². The number of hydrogen-bond acceptors (Lipinski definition) is 5. The van der Waals surface area contributed by atoms with E-state index < -0.39 is 6.03 Å². The summed E-state index contributed by atoms with van der Waals surface area (Å²) in [5.41, 5.74) is 3.44. The van der Waals surface area contributed by atoms with Crippen molar-refractivity contribution in [3.05, 3.63) is 77.1 Å². The molecule has 3 N–H and O–H groups in total. The minimum atomic E-state index is -0.406. The smallest absolute Gasteiger partial charge is 0.323 e. The monoisotopic (exact) mass is 500 g/mol. The van der Waals surface area contributed by atoms with Gasteiger partial charge in [-0.15, -0.1) is 11.3 Å². The number of urea groups is 1. The molecule has 6 nitrogen and oxygen atoms in total. The number of aryl methyl sites for hydroxylation is 1. The highest BCUT2D eigenvalue weighted by atomic mass is 35.5. The van der Waals surface area contributed by atoms with Crippen LogP contribution in [0.1, 0.15) is 5.56 Å². The molecule has 0 fully saturated rings. The minimum absolute atomic E-state index is 0.169. The summed E-state index contributed by atoms with van der Waals surface area (Å²) in [6, 6.07) is 16.0. The topological polar surface area (TPSA) is 83.1 Å². The van der Waals surface area contributed by atoms with Crippen molar-refractivity contribution < 1.29 is 14.0 Å². The number of fused-ring (bicyclic) bond motifs is 1. The normalized spacial score (nSPS) is 10.8. The van der Waals surface area contributed by atoms with Gasteiger partial charge in [0.2, 0.25) is 5.91 Å². The Labute approximate surface area is 202 Å². The van der Waals surface area contributed by atoms with Crippen LogP contribution in [0.25, 0.3) is 10.2 Å². The second-order valence-electron chi connectivity index (χ2n) is 7.07. The van der Waals surface area contributed by atoms with Crippen LogP contribution in [0.4, 0.5) is 26.2 Å². The highest BCUT2D eigenvalue weighted by molar-refractivity contribution is 8.01. The molecular weight excluding hydrogens is 483 g/mol. The number of rotatable bonds is 6. The van der Waals surface area contributed by atoms with E-state index in [0.29, 0.717) is 22.1 Å². The lowest BCUT2D eigenvalue weighted by Gasteiger charge is -2.09. The van der Waals surface area contributed by atoms with E-state index in [1.807, 2.05) is 25.1 Å². The van der Waals surface area contributed by atoms with E-state index in [-0.39, 0.29) is 17.5 Å². The number of thiazole rings is 1. The summed E-state index contributed by atoms with van der Waals surface area (Å²) in [7, 11) is 0. The van der Waals surface area contributed by atoms with E-state index >= 15 is 0 Å². The Kier molecular flexibility index (Phi) is 7.12. The lowest BCUT2D eigenvalue weighted by Crippen LogP contribution is -2.19. The van der Waals surface area contributed by atoms with Crippen molar-refractivity contribution in [3.63, 3.8) is 0 Å². The van der Waals surface area contributed by atoms with Gasteiger partial charge in [-0.25, -0.2) is 14.2 Å². The SMILES string of the molecule is Cc1ccc(NC(=O)Nc2ccc3nc(SCC(=O)Nc4ccc(F)cc4)sc3c2)c(Cl)c1. The fraction of sp³-hybridized carbons (Fsp3) is 0.0870. The average molecular weight is 501 g/mol. The van der Waals surface area contributed by atoms with Crippen LogP contribution < -0.4 is 16.0 Å². The molecule has 0 aliphatic carbocycles. The summed E-state index contributed by atoms with van der Waals surface area (Å²) in [6.07, 6.45) is 0. The second-order valence-corrected chi connectivity index (χ2v) is 9.73. The molecule has 0 saturated carbocycles. The lowest BCUT2D eigenvalue weighted by molar-refractivity contribution is -0.113. The number of aromatic nitrogens is 1. The maximum Gasteiger partial charge on any atom is 0.323 e. The molecule has 168 valence electrons. The molecule has 1 heterocycles. The molecule has 10 heteroatoms. The summed E-state index contributed by atoms with van der Waals surface area (Å²) >= 11 is 8.90. The van der Waals surface area contributed by atoms with E-state index in [2.05, 4.69) is 20.9 Å². The van der Waals surface area contributed by atoms with E-state index in [1.165, 1.54) is 47.4 Å². The molecule has 0 unspecified atom stereocenters. The predicted octanol–water partition coefficient (Wildman–Crippen LogP) is 6.77. The molecule has 4 aromatic rings. The molecule has 0 radical (unpaired) electrons. The van der Waals surface area contributed by atoms with Crippen molar-refractivity contribution in [1.29, 1.82) is 0 Å². The molecule has 0 saturated heterocycles. The van der Waals surface area contributed by atoms with Crippen LogP contribution in [0.2, 0.25) is 5.02 Å². The first-order chi connectivity index (χ1) is 15.9. The molecule has 3 aromatic carbocycles. The summed E-state index contributed by atoms with van der Waals surface area (Å²) in [5, 5.41) is 8.70. The number of hydrogen-bond donors (Lipinski definition) is 3. The van der Waals surface area contributed by atoms with Crippen LogP contribution in [0.15, 0.2) is 65.0 Å². The first kappa shape index (κ1) is 23.0. The number of anilines is 3. The van der Waals surface area contributed by atoms with Crippen molar-refractivity contribution in [3.8, 4) is 0 Å². The molecule has 0 atom stereocenters. The van der Waals surface area contributed by atoms with Crippen LogP contribution in [-0.4, -0.2) is 22.7 Å². The number of nitrogens with one attached hydrogen (secondary N) is 3. The van der Waals surface area contributed by atoms with Gasteiger partial charge in [0.15, 0.2) is 4.34 Å². The first-order valence-electron chi connectivity index (χ1n) is 9.79. The fourth-order valence-electron chi connectivity index (χ4n) is 2.91. The third-order valence-corrected chi connectivity index (χ3v) is 6.93. The molecule has 4 rings (SSSR count). The van der Waals surface area contributed by atoms with Crippen LogP contribution in [0.5, 0.6) is 0 Å². The van der Waals surface area contributed by atoms with Gasteiger partial charge in [-0.1, -0.05) is 29.4 Å². The predicted molar refractivity (Wildman–Crippen MR) is 134 cm³/mol. The largest absolute Gasteiger partial charge is 0.325 e. The summed E-state index contributed by atoms with van der Waals surface area (Å²) in [5.74, 6) is -0.399. The Morgan fingerprint density at radius 1 is 1.00 bits per heavy atom. The lowest BCUT2D eigenvalue weighted by atomic mass is 10.2. The number of benzene rings is 3. The Balaban J connectivity index is 1.35. The van der Waals surface area contributed by atoms with E-state index in [1.54, 1.807) is 18.2 Å². The van der Waals surface area contributed by atoms with Crippen molar-refractivity contribution in [1.82, 2.24) is 4.98 Å². The standard InChI is InChI=1S/C23H18ClFN4O2S2/c1-13-2-8-18(17(24)10-13)28-22(31)27-16-7-9-19-20(11-16)33-23(29-19)32-12-21(30)26-15-5-3-14(25)4-6-15/h2-11H,12H2,1H3,(H,26,30)(H2,27,28,31). The fourth-order valence-corrected chi connectivity index (χ4v) is 5.10. The van der Waals surface area contributed by atoms with Crippen molar-refractivity contribution in [2.45, 2.75) is 11.3 Å². The van der Waals surface area contributed by atoms with Crippen molar-refractivity contribution in [2.75, 3.05) is 21.7 Å². The second kappa shape index (κ2) is 10.2. The molecule has 1 aromatic heterocycles. The number of amides is 3. The van der Waals surface area contributed by atoms with Gasteiger partial charge in [0.1, 0.15) is 5.82 Å². The molecular formula is C23H18ClFN4O2S2. The van der Waals surface area contributed by atoms with Gasteiger partial charge in [-0.2, -0.15) is 0 Å². The molecule has 0 aliphatic heterocycles. The Hall–Kier alpha value is -3.14. The molecule has 0 bridgehead atoms. The van der Waals surface area contributed by atoms with Gasteiger partial charge in [0.05, 0.1) is 26.7 Å². The summed E-state index contributed by atoms with van der Waals surface area (Å²) in [6.45, 7) is 1.92. The average Bonchev–Trinajstić information content (AvgIpc) is 3.18. The van der Waals surface area contributed by atoms with Crippen LogP contribution in [0, 0.1) is 12.7 Å². The van der Waals surface area contributed by atoms with Gasteiger partial charge in [-0.05, 0) is 67.1 Å². The Bertz CT molecular complexity index is 1330. The molecule has 33 heavy (non-hydrogen) atoms. The maximum atomic E-state index is 13.0. The van der Waals surface area contributed by atoms with Crippen LogP contribution in [-0.2, 0) is 4.79 Å². The Morgan fingerprint density at radius 2 is 1.76 bits per heavy atom.